The van der Waals surface area contributed by atoms with Gasteiger partial charge in [-0.1, -0.05) is 48.5 Å². The fourth-order valence-corrected chi connectivity index (χ4v) is 7.52. The van der Waals surface area contributed by atoms with E-state index in [0.717, 1.165) is 0 Å². The van der Waals surface area contributed by atoms with Crippen LogP contribution in [-0.4, -0.2) is 67.1 Å². The molecule has 2 aliphatic heterocycles. The molecule has 0 radical (unpaired) electrons. The van der Waals surface area contributed by atoms with E-state index in [9.17, 15) is 15.0 Å². The summed E-state index contributed by atoms with van der Waals surface area (Å²) >= 11 is 0. The SMILES string of the molecule is C/C=C(\C)C(=O)N[C@@H]1CCCN1C(=O)[C@@H]1[C@@H](c2ccccc2)[C@]2(c3ccc(OC)cc3)Oc3cc(OC)cc(OC)c3[C@@]1(O)[C@H]2O. The van der Waals surface area contributed by atoms with Crippen LogP contribution in [0.1, 0.15) is 49.3 Å². The molecule has 6 atom stereocenters. The van der Waals surface area contributed by atoms with Crippen LogP contribution in [-0.2, 0) is 20.8 Å². The Morgan fingerprint density at radius 3 is 2.33 bits per heavy atom. The third-order valence-electron chi connectivity index (χ3n) is 9.86. The summed E-state index contributed by atoms with van der Waals surface area (Å²) in [7, 11) is 4.52. The molecule has 0 unspecified atom stereocenters. The highest BCUT2D eigenvalue weighted by Crippen LogP contribution is 2.68. The lowest BCUT2D eigenvalue weighted by Crippen LogP contribution is -2.56. The van der Waals surface area contributed by atoms with Gasteiger partial charge < -0.3 is 39.4 Å². The average Bonchev–Trinajstić information content (AvgIpc) is 3.59. The van der Waals surface area contributed by atoms with E-state index in [1.807, 2.05) is 30.3 Å². The number of methoxy groups -OCH3 is 3. The van der Waals surface area contributed by atoms with Crippen molar-refractivity contribution in [2.24, 2.45) is 5.92 Å². The van der Waals surface area contributed by atoms with Crippen molar-refractivity contribution in [3.8, 4) is 23.0 Å². The molecule has 1 saturated carbocycles. The summed E-state index contributed by atoms with van der Waals surface area (Å²) in [5.41, 5.74) is -1.88. The van der Waals surface area contributed by atoms with Crippen LogP contribution in [0.2, 0.25) is 0 Å². The van der Waals surface area contributed by atoms with E-state index >= 15 is 4.79 Å². The molecule has 2 fully saturated rings. The smallest absolute Gasteiger partial charge is 0.248 e. The maximum absolute atomic E-state index is 15.1. The Kier molecular flexibility index (Phi) is 8.20. The highest BCUT2D eigenvalue weighted by atomic mass is 16.5. The zero-order chi connectivity index (χ0) is 32.8. The van der Waals surface area contributed by atoms with Gasteiger partial charge in [0, 0.05) is 30.2 Å². The van der Waals surface area contributed by atoms with Crippen molar-refractivity contribution < 1.29 is 38.7 Å². The molecule has 10 nitrogen and oxygen atoms in total. The zero-order valence-corrected chi connectivity index (χ0v) is 26.7. The van der Waals surface area contributed by atoms with Gasteiger partial charge >= 0.3 is 0 Å². The molecule has 0 spiro atoms. The molecule has 3 N–H and O–H groups in total. The minimum atomic E-state index is -2.18. The molecule has 46 heavy (non-hydrogen) atoms. The second-order valence-corrected chi connectivity index (χ2v) is 12.1. The van der Waals surface area contributed by atoms with Crippen LogP contribution < -0.4 is 24.3 Å². The predicted molar refractivity (Wildman–Crippen MR) is 170 cm³/mol. The fraction of sp³-hybridized carbons (Fsp3) is 0.389. The van der Waals surface area contributed by atoms with Gasteiger partial charge in [0.1, 0.15) is 40.9 Å². The topological polar surface area (TPSA) is 127 Å². The van der Waals surface area contributed by atoms with Crippen molar-refractivity contribution in [1.29, 1.82) is 0 Å². The van der Waals surface area contributed by atoms with E-state index in [4.69, 9.17) is 18.9 Å². The Balaban J connectivity index is 1.61. The van der Waals surface area contributed by atoms with Crippen LogP contribution in [0.3, 0.4) is 0 Å². The number of carbonyl (C=O) groups is 2. The number of nitrogens with one attached hydrogen (secondary N) is 1. The first kappa shape index (κ1) is 31.4. The second-order valence-electron chi connectivity index (χ2n) is 12.1. The van der Waals surface area contributed by atoms with Gasteiger partial charge in [-0.15, -0.1) is 0 Å². The van der Waals surface area contributed by atoms with Crippen molar-refractivity contribution >= 4 is 11.8 Å². The van der Waals surface area contributed by atoms with Crippen LogP contribution in [0.5, 0.6) is 23.0 Å². The highest BCUT2D eigenvalue weighted by Gasteiger charge is 2.76. The van der Waals surface area contributed by atoms with Gasteiger partial charge in [-0.2, -0.15) is 0 Å². The van der Waals surface area contributed by atoms with E-state index in [1.54, 1.807) is 68.3 Å². The van der Waals surface area contributed by atoms with Gasteiger partial charge in [0.05, 0.1) is 32.8 Å². The summed E-state index contributed by atoms with van der Waals surface area (Å²) in [6, 6.07) is 19.6. The lowest BCUT2D eigenvalue weighted by molar-refractivity contribution is -0.167. The number of allylic oxidation sites excluding steroid dienone is 1. The minimum Gasteiger partial charge on any atom is -0.497 e. The predicted octanol–water partition coefficient (Wildman–Crippen LogP) is 3.99. The fourth-order valence-electron chi connectivity index (χ4n) is 7.52. The summed E-state index contributed by atoms with van der Waals surface area (Å²) in [6.07, 6.45) is 0.710. The number of aliphatic hydroxyl groups excluding tert-OH is 1. The Morgan fingerprint density at radius 1 is 1.00 bits per heavy atom. The molecule has 3 aliphatic rings. The monoisotopic (exact) mass is 628 g/mol. The maximum Gasteiger partial charge on any atom is 0.248 e. The Bertz CT molecular complexity index is 1660. The molecule has 3 aromatic carbocycles. The van der Waals surface area contributed by atoms with Gasteiger partial charge in [-0.05, 0) is 49.9 Å². The molecule has 2 bridgehead atoms. The standard InChI is InChI=1S/C36H40N2O8/c1-6-21(2)32(39)37-28-13-10-18-38(28)33(40)31-29(22-11-8-7-9-12-22)36(23-14-16-24(43-3)17-15-23)34(41)35(31,42)30-26(45-5)19-25(44-4)20-27(30)46-36/h6-9,11-12,14-17,19-20,28-29,31,34,41-42H,10,13,18H2,1-5H3,(H,37,39)/b21-6+/t28-,29+,31-,34+,35-,36-/m0/s1. The summed E-state index contributed by atoms with van der Waals surface area (Å²) in [5, 5.41) is 28.7. The number of carbonyl (C=O) groups excluding carboxylic acids is 2. The first-order chi connectivity index (χ1) is 22.1. The number of likely N-dealkylation sites (tertiary alicyclic amines) is 1. The minimum absolute atomic E-state index is 0.161. The highest BCUT2D eigenvalue weighted by molar-refractivity contribution is 5.93. The van der Waals surface area contributed by atoms with Crippen molar-refractivity contribution in [3.05, 3.63) is 95.1 Å². The van der Waals surface area contributed by atoms with E-state index in [1.165, 1.54) is 14.2 Å². The molecule has 10 heteroatoms. The van der Waals surface area contributed by atoms with Crippen LogP contribution in [0, 0.1) is 5.92 Å². The number of ether oxygens (including phenoxy) is 4. The van der Waals surface area contributed by atoms with Crippen molar-refractivity contribution in [1.82, 2.24) is 10.2 Å². The van der Waals surface area contributed by atoms with Gasteiger partial charge in [0.15, 0.2) is 5.60 Å². The van der Waals surface area contributed by atoms with Crippen LogP contribution in [0.15, 0.2) is 78.4 Å². The second kappa shape index (κ2) is 12.0. The van der Waals surface area contributed by atoms with Crippen LogP contribution in [0.4, 0.5) is 0 Å². The van der Waals surface area contributed by atoms with Crippen molar-refractivity contribution in [2.75, 3.05) is 27.9 Å². The van der Waals surface area contributed by atoms with E-state index in [2.05, 4.69) is 5.32 Å². The van der Waals surface area contributed by atoms with Crippen molar-refractivity contribution in [2.45, 2.75) is 56.1 Å². The van der Waals surface area contributed by atoms with Gasteiger partial charge in [0.2, 0.25) is 11.8 Å². The van der Waals surface area contributed by atoms with Crippen LogP contribution in [0.25, 0.3) is 0 Å². The molecular weight excluding hydrogens is 588 g/mol. The number of rotatable bonds is 8. The number of hydrogen-bond acceptors (Lipinski definition) is 8. The largest absolute Gasteiger partial charge is 0.497 e. The lowest BCUT2D eigenvalue weighted by Gasteiger charge is -2.45. The molecular formula is C36H40N2O8. The average molecular weight is 629 g/mol. The van der Waals surface area contributed by atoms with Gasteiger partial charge in [-0.25, -0.2) is 0 Å². The number of aliphatic hydroxyl groups is 2. The number of hydrogen-bond donors (Lipinski definition) is 3. The maximum atomic E-state index is 15.1. The first-order valence-corrected chi connectivity index (χ1v) is 15.4. The van der Waals surface area contributed by atoms with E-state index < -0.39 is 41.2 Å². The Hall–Kier alpha value is -4.54. The number of amides is 2. The number of nitrogens with zero attached hydrogens (tertiary/aromatic N) is 1. The Morgan fingerprint density at radius 2 is 1.70 bits per heavy atom. The van der Waals surface area contributed by atoms with E-state index in [0.29, 0.717) is 47.6 Å². The summed E-state index contributed by atoms with van der Waals surface area (Å²) in [4.78, 5) is 29.7. The molecule has 2 amide bonds. The molecule has 0 aromatic heterocycles. The zero-order valence-electron chi connectivity index (χ0n) is 26.7. The van der Waals surface area contributed by atoms with E-state index in [-0.39, 0.29) is 23.0 Å². The van der Waals surface area contributed by atoms with Gasteiger partial charge in [0.25, 0.3) is 0 Å². The molecule has 1 saturated heterocycles. The molecule has 3 aromatic rings. The molecule has 1 aliphatic carbocycles. The Labute approximate surface area is 268 Å². The summed E-state index contributed by atoms with van der Waals surface area (Å²) in [6.45, 7) is 3.87. The molecule has 242 valence electrons. The lowest BCUT2D eigenvalue weighted by atomic mass is 9.75. The summed E-state index contributed by atoms with van der Waals surface area (Å²) < 4.78 is 23.6. The van der Waals surface area contributed by atoms with Crippen molar-refractivity contribution in [3.63, 3.8) is 0 Å². The van der Waals surface area contributed by atoms with Gasteiger partial charge in [-0.3, -0.25) is 9.59 Å². The third-order valence-corrected chi connectivity index (χ3v) is 9.86. The summed E-state index contributed by atoms with van der Waals surface area (Å²) in [5.74, 6) is -1.37. The molecule has 2 heterocycles. The quantitative estimate of drug-likeness (QED) is 0.320. The number of benzene rings is 3. The molecule has 6 rings (SSSR count). The number of fused-ring (bicyclic) bond motifs is 4. The third kappa shape index (κ3) is 4.62. The normalized spacial score (nSPS) is 28.2. The van der Waals surface area contributed by atoms with Crippen LogP contribution >= 0.6 is 0 Å². The first-order valence-electron chi connectivity index (χ1n) is 15.4.